The maximum absolute atomic E-state index is 8.68. The van der Waals surface area contributed by atoms with Crippen molar-refractivity contribution in [2.24, 2.45) is 0 Å². The van der Waals surface area contributed by atoms with Gasteiger partial charge in [-0.15, -0.1) is 0 Å². The molecule has 0 aromatic heterocycles. The van der Waals surface area contributed by atoms with Crippen molar-refractivity contribution < 1.29 is 9.84 Å². The minimum atomic E-state index is 0.0812. The van der Waals surface area contributed by atoms with Gasteiger partial charge in [0.2, 0.25) is 0 Å². The van der Waals surface area contributed by atoms with Gasteiger partial charge in [-0.2, -0.15) is 0 Å². The van der Waals surface area contributed by atoms with Gasteiger partial charge >= 0.3 is 0 Å². The SMILES string of the molecule is CCOC(C)NC/C=C(\C)CO. The molecule has 12 heavy (non-hydrogen) atoms. The lowest BCUT2D eigenvalue weighted by Gasteiger charge is -2.11. The maximum Gasteiger partial charge on any atom is 0.105 e. The molecule has 0 aliphatic rings. The van der Waals surface area contributed by atoms with Crippen molar-refractivity contribution in [3.8, 4) is 0 Å². The molecule has 0 saturated heterocycles. The molecule has 0 amide bonds. The van der Waals surface area contributed by atoms with E-state index in [2.05, 4.69) is 5.32 Å². The molecule has 72 valence electrons. The smallest absolute Gasteiger partial charge is 0.105 e. The summed E-state index contributed by atoms with van der Waals surface area (Å²) in [5.41, 5.74) is 0.978. The molecule has 3 nitrogen and oxygen atoms in total. The fourth-order valence-electron chi connectivity index (χ4n) is 0.773. The fourth-order valence-corrected chi connectivity index (χ4v) is 0.773. The topological polar surface area (TPSA) is 41.5 Å². The Morgan fingerprint density at radius 1 is 1.67 bits per heavy atom. The molecule has 0 radical (unpaired) electrons. The van der Waals surface area contributed by atoms with Gasteiger partial charge in [-0.05, 0) is 20.8 Å². The van der Waals surface area contributed by atoms with E-state index in [0.29, 0.717) is 0 Å². The first-order valence-corrected chi connectivity index (χ1v) is 4.32. The lowest BCUT2D eigenvalue weighted by Crippen LogP contribution is -2.28. The van der Waals surface area contributed by atoms with E-state index in [-0.39, 0.29) is 12.8 Å². The lowest BCUT2D eigenvalue weighted by atomic mass is 10.3. The Kier molecular flexibility index (Phi) is 7.05. The van der Waals surface area contributed by atoms with Crippen molar-refractivity contribution in [1.29, 1.82) is 0 Å². The molecule has 0 bridgehead atoms. The number of hydrogen-bond donors (Lipinski definition) is 2. The molecule has 0 rings (SSSR count). The van der Waals surface area contributed by atoms with Crippen molar-refractivity contribution in [2.45, 2.75) is 27.0 Å². The molecule has 1 atom stereocenters. The molecule has 0 aromatic rings. The highest BCUT2D eigenvalue weighted by molar-refractivity contribution is 4.98. The molecule has 1 unspecified atom stereocenters. The first kappa shape index (κ1) is 11.6. The van der Waals surface area contributed by atoms with Crippen LogP contribution in [0.2, 0.25) is 0 Å². The summed E-state index contributed by atoms with van der Waals surface area (Å²) in [5.74, 6) is 0. The highest BCUT2D eigenvalue weighted by Gasteiger charge is 1.95. The van der Waals surface area contributed by atoms with E-state index >= 15 is 0 Å². The zero-order valence-electron chi connectivity index (χ0n) is 8.13. The molecule has 2 N–H and O–H groups in total. The zero-order valence-corrected chi connectivity index (χ0v) is 8.13. The van der Waals surface area contributed by atoms with Crippen molar-refractivity contribution in [2.75, 3.05) is 19.8 Å². The van der Waals surface area contributed by atoms with Gasteiger partial charge in [0.1, 0.15) is 6.23 Å². The number of hydrogen-bond acceptors (Lipinski definition) is 3. The average Bonchev–Trinajstić information content (AvgIpc) is 2.04. The van der Waals surface area contributed by atoms with Crippen LogP contribution in [0.25, 0.3) is 0 Å². The van der Waals surface area contributed by atoms with E-state index in [1.54, 1.807) is 0 Å². The molecule has 0 heterocycles. The van der Waals surface area contributed by atoms with Crippen LogP contribution in [-0.2, 0) is 4.74 Å². The normalized spacial score (nSPS) is 14.8. The average molecular weight is 173 g/mol. The minimum Gasteiger partial charge on any atom is -0.392 e. The Morgan fingerprint density at radius 2 is 2.33 bits per heavy atom. The Morgan fingerprint density at radius 3 is 2.83 bits per heavy atom. The number of aliphatic hydroxyl groups excluding tert-OH is 1. The van der Waals surface area contributed by atoms with E-state index in [1.807, 2.05) is 26.8 Å². The second kappa shape index (κ2) is 7.28. The fraction of sp³-hybridized carbons (Fsp3) is 0.778. The van der Waals surface area contributed by atoms with Crippen LogP contribution >= 0.6 is 0 Å². The van der Waals surface area contributed by atoms with Gasteiger partial charge in [-0.1, -0.05) is 11.6 Å². The quantitative estimate of drug-likeness (QED) is 0.463. The van der Waals surface area contributed by atoms with Crippen LogP contribution in [0.5, 0.6) is 0 Å². The van der Waals surface area contributed by atoms with E-state index in [9.17, 15) is 0 Å². The summed E-state index contributed by atoms with van der Waals surface area (Å²) in [6.07, 6.45) is 2.04. The van der Waals surface area contributed by atoms with E-state index in [4.69, 9.17) is 9.84 Å². The summed E-state index contributed by atoms with van der Waals surface area (Å²) in [4.78, 5) is 0. The molecule has 0 aliphatic carbocycles. The molecular weight excluding hydrogens is 154 g/mol. The van der Waals surface area contributed by atoms with Crippen LogP contribution in [0, 0.1) is 0 Å². The molecule has 0 aromatic carbocycles. The molecule has 3 heteroatoms. The predicted octanol–water partition coefficient (Wildman–Crippen LogP) is 0.897. The number of nitrogens with one attached hydrogen (secondary N) is 1. The van der Waals surface area contributed by atoms with Gasteiger partial charge in [0.05, 0.1) is 6.61 Å². The Bertz CT molecular complexity index is 134. The Hall–Kier alpha value is -0.380. The largest absolute Gasteiger partial charge is 0.392 e. The first-order valence-electron chi connectivity index (χ1n) is 4.32. The summed E-state index contributed by atoms with van der Waals surface area (Å²) in [6, 6.07) is 0. The second-order valence-electron chi connectivity index (χ2n) is 2.71. The van der Waals surface area contributed by atoms with Gasteiger partial charge in [-0.25, -0.2) is 0 Å². The van der Waals surface area contributed by atoms with Crippen molar-refractivity contribution in [3.63, 3.8) is 0 Å². The molecular formula is C9H19NO2. The third kappa shape index (κ3) is 6.34. The zero-order chi connectivity index (χ0) is 9.40. The van der Waals surface area contributed by atoms with Gasteiger partial charge in [0.15, 0.2) is 0 Å². The van der Waals surface area contributed by atoms with E-state index in [0.717, 1.165) is 18.7 Å². The van der Waals surface area contributed by atoms with Crippen LogP contribution < -0.4 is 5.32 Å². The number of ether oxygens (including phenoxy) is 1. The summed E-state index contributed by atoms with van der Waals surface area (Å²) in [7, 11) is 0. The summed E-state index contributed by atoms with van der Waals surface area (Å²) in [5, 5.41) is 11.8. The van der Waals surface area contributed by atoms with Crippen molar-refractivity contribution >= 4 is 0 Å². The van der Waals surface area contributed by atoms with E-state index in [1.165, 1.54) is 0 Å². The summed E-state index contributed by atoms with van der Waals surface area (Å²) >= 11 is 0. The number of aliphatic hydroxyl groups is 1. The van der Waals surface area contributed by atoms with Gasteiger partial charge in [0, 0.05) is 13.2 Å². The third-order valence-corrected chi connectivity index (χ3v) is 1.52. The van der Waals surface area contributed by atoms with Gasteiger partial charge < -0.3 is 9.84 Å². The van der Waals surface area contributed by atoms with Crippen LogP contribution in [-0.4, -0.2) is 31.1 Å². The lowest BCUT2D eigenvalue weighted by molar-refractivity contribution is 0.0546. The molecule has 0 saturated carbocycles. The Balaban J connectivity index is 3.41. The highest BCUT2D eigenvalue weighted by atomic mass is 16.5. The van der Waals surface area contributed by atoms with Gasteiger partial charge in [-0.3, -0.25) is 5.32 Å². The number of rotatable bonds is 6. The van der Waals surface area contributed by atoms with Crippen LogP contribution in [0.3, 0.4) is 0 Å². The van der Waals surface area contributed by atoms with Crippen LogP contribution in [0.1, 0.15) is 20.8 Å². The summed E-state index contributed by atoms with van der Waals surface area (Å²) < 4.78 is 5.25. The first-order chi connectivity index (χ1) is 5.70. The second-order valence-corrected chi connectivity index (χ2v) is 2.71. The Labute approximate surface area is 74.4 Å². The van der Waals surface area contributed by atoms with Crippen LogP contribution in [0.15, 0.2) is 11.6 Å². The van der Waals surface area contributed by atoms with Crippen molar-refractivity contribution in [1.82, 2.24) is 5.32 Å². The monoisotopic (exact) mass is 173 g/mol. The minimum absolute atomic E-state index is 0.0812. The van der Waals surface area contributed by atoms with E-state index < -0.39 is 0 Å². The summed E-state index contributed by atoms with van der Waals surface area (Å²) in [6.45, 7) is 7.42. The standard InChI is InChI=1S/C9H19NO2/c1-4-12-9(3)10-6-5-8(2)7-11/h5,9-11H,4,6-7H2,1-3H3/b8-5+. The maximum atomic E-state index is 8.68. The molecule has 0 spiro atoms. The molecule has 0 fully saturated rings. The van der Waals surface area contributed by atoms with Crippen LogP contribution in [0.4, 0.5) is 0 Å². The molecule has 0 aliphatic heterocycles. The highest BCUT2D eigenvalue weighted by Crippen LogP contribution is 1.89. The predicted molar refractivity (Wildman–Crippen MR) is 49.9 cm³/mol. The van der Waals surface area contributed by atoms with Crippen molar-refractivity contribution in [3.05, 3.63) is 11.6 Å². The third-order valence-electron chi connectivity index (χ3n) is 1.52. The van der Waals surface area contributed by atoms with Gasteiger partial charge in [0.25, 0.3) is 0 Å².